The summed E-state index contributed by atoms with van der Waals surface area (Å²) in [6.45, 7) is 1.88. The van der Waals surface area contributed by atoms with Gasteiger partial charge in [-0.05, 0) is 18.6 Å². The van der Waals surface area contributed by atoms with Gasteiger partial charge in [-0.1, -0.05) is 12.2 Å². The molecule has 0 aliphatic heterocycles. The van der Waals surface area contributed by atoms with Gasteiger partial charge in [0.25, 0.3) is 0 Å². The molecule has 0 aromatic rings. The Morgan fingerprint density at radius 1 is 1.67 bits per heavy atom. The first-order valence-corrected chi connectivity index (χ1v) is 2.86. The third-order valence-electron chi connectivity index (χ3n) is 1.26. The summed E-state index contributed by atoms with van der Waals surface area (Å²) in [5, 5.41) is 0. The topological polar surface area (TPSA) is 43.1 Å². The molecule has 2 heteroatoms. The lowest BCUT2D eigenvalue weighted by atomic mass is 10.0. The molecule has 2 nitrogen and oxygen atoms in total. The molecule has 2 N–H and O–H groups in total. The van der Waals surface area contributed by atoms with Crippen LogP contribution in [0, 0.1) is 0 Å². The molecule has 0 aromatic heterocycles. The van der Waals surface area contributed by atoms with Gasteiger partial charge in [0.1, 0.15) is 0 Å². The quantitative estimate of drug-likeness (QED) is 0.506. The molecule has 0 amide bonds. The number of nitrogens with two attached hydrogens (primary N) is 1. The van der Waals surface area contributed by atoms with Crippen LogP contribution >= 0.6 is 0 Å². The number of hydrogen-bond acceptors (Lipinski definition) is 2. The monoisotopic (exact) mass is 123 g/mol. The number of carbonyl (C=O) groups excluding carboxylic acids is 1. The summed E-state index contributed by atoms with van der Waals surface area (Å²) in [6, 6.07) is -0.409. The van der Waals surface area contributed by atoms with Crippen LogP contribution in [0.25, 0.3) is 0 Å². The van der Waals surface area contributed by atoms with Gasteiger partial charge in [-0.25, -0.2) is 0 Å². The van der Waals surface area contributed by atoms with Gasteiger partial charge in [-0.3, -0.25) is 4.79 Å². The van der Waals surface area contributed by atoms with E-state index in [1.54, 1.807) is 12.2 Å². The summed E-state index contributed by atoms with van der Waals surface area (Å²) in [4.78, 5) is 10.8. The summed E-state index contributed by atoms with van der Waals surface area (Å²) >= 11 is 0. The summed E-state index contributed by atoms with van der Waals surface area (Å²) in [5.74, 6) is -0.00463. The van der Waals surface area contributed by atoms with Gasteiger partial charge in [0.15, 0.2) is 5.78 Å². The molecule has 1 unspecified atom stereocenters. The van der Waals surface area contributed by atoms with Crippen LogP contribution in [0.4, 0.5) is 0 Å². The summed E-state index contributed by atoms with van der Waals surface area (Å²) in [5.41, 5.74) is 6.33. The Morgan fingerprint density at radius 3 is 2.78 bits per heavy atom. The smallest absolute Gasteiger partial charge is 0.176 e. The second-order valence-corrected chi connectivity index (χ2v) is 2.18. The molecule has 0 spiro atoms. The maximum atomic E-state index is 10.8. The van der Waals surface area contributed by atoms with Crippen LogP contribution < -0.4 is 5.73 Å². The molecule has 1 aliphatic carbocycles. The molecular weight excluding hydrogens is 114 g/mol. The lowest BCUT2D eigenvalue weighted by Gasteiger charge is -2.06. The van der Waals surface area contributed by atoms with E-state index in [9.17, 15) is 4.79 Å². The fraction of sp³-hybridized carbons (Fsp3) is 0.286. The van der Waals surface area contributed by atoms with E-state index >= 15 is 0 Å². The van der Waals surface area contributed by atoms with Gasteiger partial charge in [-0.15, -0.1) is 0 Å². The maximum Gasteiger partial charge on any atom is 0.176 e. The Morgan fingerprint density at radius 2 is 2.33 bits per heavy atom. The van der Waals surface area contributed by atoms with Crippen molar-refractivity contribution in [2.24, 2.45) is 5.73 Å². The van der Waals surface area contributed by atoms with Crippen molar-refractivity contribution in [2.75, 3.05) is 0 Å². The SMILES string of the molecule is CC1=CC(=O)C(N)C=C1. The molecule has 0 fully saturated rings. The Bertz CT molecular complexity index is 191. The molecule has 0 bridgehead atoms. The van der Waals surface area contributed by atoms with E-state index in [1.807, 2.05) is 13.0 Å². The van der Waals surface area contributed by atoms with E-state index in [0.717, 1.165) is 5.57 Å². The van der Waals surface area contributed by atoms with Crippen LogP contribution in [0.2, 0.25) is 0 Å². The van der Waals surface area contributed by atoms with Gasteiger partial charge >= 0.3 is 0 Å². The van der Waals surface area contributed by atoms with Crippen molar-refractivity contribution < 1.29 is 4.79 Å². The summed E-state index contributed by atoms with van der Waals surface area (Å²) in [6.07, 6.45) is 5.12. The van der Waals surface area contributed by atoms with E-state index in [2.05, 4.69) is 0 Å². The lowest BCUT2D eigenvalue weighted by Crippen LogP contribution is -2.28. The first-order chi connectivity index (χ1) is 4.20. The molecule has 1 atom stereocenters. The average Bonchev–Trinajstić information content (AvgIpc) is 1.80. The zero-order valence-corrected chi connectivity index (χ0v) is 5.29. The van der Waals surface area contributed by atoms with Crippen molar-refractivity contribution >= 4 is 5.78 Å². The highest BCUT2D eigenvalue weighted by molar-refractivity contribution is 5.97. The van der Waals surface area contributed by atoms with Crippen molar-refractivity contribution in [2.45, 2.75) is 13.0 Å². The van der Waals surface area contributed by atoms with Gasteiger partial charge in [-0.2, -0.15) is 0 Å². The maximum absolute atomic E-state index is 10.8. The molecule has 0 aromatic carbocycles. The van der Waals surface area contributed by atoms with Crippen molar-refractivity contribution in [3.63, 3.8) is 0 Å². The van der Waals surface area contributed by atoms with Crippen LogP contribution in [0.15, 0.2) is 23.8 Å². The van der Waals surface area contributed by atoms with Gasteiger partial charge in [0.2, 0.25) is 0 Å². The highest BCUT2D eigenvalue weighted by Gasteiger charge is 2.09. The van der Waals surface area contributed by atoms with Crippen LogP contribution in [-0.4, -0.2) is 11.8 Å². The molecule has 0 saturated carbocycles. The molecule has 1 aliphatic rings. The lowest BCUT2D eigenvalue weighted by molar-refractivity contribution is -0.114. The van der Waals surface area contributed by atoms with Crippen LogP contribution in [0.5, 0.6) is 0 Å². The van der Waals surface area contributed by atoms with Crippen molar-refractivity contribution in [1.29, 1.82) is 0 Å². The Kier molecular flexibility index (Phi) is 1.49. The second-order valence-electron chi connectivity index (χ2n) is 2.18. The molecule has 0 heterocycles. The van der Waals surface area contributed by atoms with E-state index in [4.69, 9.17) is 5.73 Å². The van der Waals surface area contributed by atoms with Crippen LogP contribution in [0.1, 0.15) is 6.92 Å². The van der Waals surface area contributed by atoms with Gasteiger partial charge in [0.05, 0.1) is 6.04 Å². The predicted octanol–water partition coefficient (Wildman–Crippen LogP) is 0.399. The fourth-order valence-corrected chi connectivity index (χ4v) is 0.719. The highest BCUT2D eigenvalue weighted by Crippen LogP contribution is 2.03. The molecule has 48 valence electrons. The molecule has 0 radical (unpaired) electrons. The highest BCUT2D eigenvalue weighted by atomic mass is 16.1. The third kappa shape index (κ3) is 1.27. The standard InChI is InChI=1S/C7H9NO/c1-5-2-3-6(8)7(9)4-5/h2-4,6H,8H2,1H3. The second kappa shape index (κ2) is 2.15. The minimum atomic E-state index is -0.409. The Balaban J connectivity index is 2.82. The summed E-state index contributed by atoms with van der Waals surface area (Å²) < 4.78 is 0. The molecule has 0 saturated heterocycles. The first kappa shape index (κ1) is 6.23. The van der Waals surface area contributed by atoms with E-state index < -0.39 is 6.04 Å². The van der Waals surface area contributed by atoms with Gasteiger partial charge < -0.3 is 5.73 Å². The zero-order valence-electron chi connectivity index (χ0n) is 5.29. The number of allylic oxidation sites excluding steroid dienone is 2. The number of hydrogen-bond donors (Lipinski definition) is 1. The number of ketones is 1. The normalized spacial score (nSPS) is 26.2. The van der Waals surface area contributed by atoms with Crippen molar-refractivity contribution in [1.82, 2.24) is 0 Å². The summed E-state index contributed by atoms with van der Waals surface area (Å²) in [7, 11) is 0. The zero-order chi connectivity index (χ0) is 6.85. The fourth-order valence-electron chi connectivity index (χ4n) is 0.719. The van der Waals surface area contributed by atoms with Gasteiger partial charge in [0, 0.05) is 0 Å². The van der Waals surface area contributed by atoms with Crippen molar-refractivity contribution in [3.05, 3.63) is 23.8 Å². The van der Waals surface area contributed by atoms with Crippen molar-refractivity contribution in [3.8, 4) is 0 Å². The Labute approximate surface area is 54.0 Å². The predicted molar refractivity (Wildman–Crippen MR) is 35.9 cm³/mol. The number of carbonyl (C=O) groups is 1. The molecular formula is C7H9NO. The first-order valence-electron chi connectivity index (χ1n) is 2.86. The minimum absolute atomic E-state index is 0.00463. The van der Waals surface area contributed by atoms with Crippen LogP contribution in [0.3, 0.4) is 0 Å². The largest absolute Gasteiger partial charge is 0.318 e. The van der Waals surface area contributed by atoms with E-state index in [0.29, 0.717) is 0 Å². The minimum Gasteiger partial charge on any atom is -0.318 e. The van der Waals surface area contributed by atoms with E-state index in [-0.39, 0.29) is 5.78 Å². The number of rotatable bonds is 0. The molecule has 1 rings (SSSR count). The van der Waals surface area contributed by atoms with Crippen LogP contribution in [-0.2, 0) is 4.79 Å². The Hall–Kier alpha value is -0.890. The average molecular weight is 123 g/mol. The molecule has 9 heavy (non-hydrogen) atoms. The van der Waals surface area contributed by atoms with E-state index in [1.165, 1.54) is 0 Å². The third-order valence-corrected chi connectivity index (χ3v) is 1.26.